The fourth-order valence-corrected chi connectivity index (χ4v) is 2.76. The van der Waals surface area contributed by atoms with Crippen LogP contribution in [0.3, 0.4) is 0 Å². The molecule has 0 N–H and O–H groups in total. The van der Waals surface area contributed by atoms with Crippen molar-refractivity contribution in [2.75, 3.05) is 19.8 Å². The highest BCUT2D eigenvalue weighted by atomic mass is 79.9. The second kappa shape index (κ2) is 6.76. The molecule has 1 fully saturated rings. The van der Waals surface area contributed by atoms with E-state index in [0.29, 0.717) is 10.7 Å². The Morgan fingerprint density at radius 3 is 2.76 bits per heavy atom. The number of hydrogen-bond acceptors (Lipinski definition) is 2. The molecule has 0 saturated carbocycles. The van der Waals surface area contributed by atoms with Crippen LogP contribution in [-0.4, -0.2) is 24.6 Å². The predicted octanol–water partition coefficient (Wildman–Crippen LogP) is 4.02. The molecule has 1 saturated heterocycles. The molecule has 2 atom stereocenters. The molecular weight excluding hydrogens is 348 g/mol. The molecule has 1 aromatic rings. The lowest BCUT2D eigenvalue weighted by molar-refractivity contribution is 0.0518. The first-order valence-electron chi connectivity index (χ1n) is 5.86. The first-order valence-corrected chi connectivity index (χ1v) is 7.57. The van der Waals surface area contributed by atoms with Crippen molar-refractivity contribution < 1.29 is 9.47 Å². The molecule has 1 aliphatic heterocycles. The Morgan fingerprint density at radius 1 is 1.29 bits per heavy atom. The molecule has 1 aliphatic rings. The maximum Gasteiger partial charge on any atom is 0.119 e. The number of alkyl halides is 1. The summed E-state index contributed by atoms with van der Waals surface area (Å²) in [7, 11) is 0. The van der Waals surface area contributed by atoms with E-state index in [-0.39, 0.29) is 0 Å². The summed E-state index contributed by atoms with van der Waals surface area (Å²) in [5.41, 5.74) is 0. The molecule has 2 rings (SSSR count). The van der Waals surface area contributed by atoms with Gasteiger partial charge in [0.2, 0.25) is 0 Å². The summed E-state index contributed by atoms with van der Waals surface area (Å²) in [6, 6.07) is 7.94. The van der Waals surface area contributed by atoms with E-state index in [1.165, 1.54) is 0 Å². The van der Waals surface area contributed by atoms with Crippen molar-refractivity contribution in [2.24, 2.45) is 5.92 Å². The largest absolute Gasteiger partial charge is 0.494 e. The van der Waals surface area contributed by atoms with Crippen LogP contribution in [0.15, 0.2) is 28.7 Å². The third kappa shape index (κ3) is 4.27. The molecule has 1 heterocycles. The van der Waals surface area contributed by atoms with Gasteiger partial charge in [-0.1, -0.05) is 31.9 Å². The topological polar surface area (TPSA) is 18.5 Å². The van der Waals surface area contributed by atoms with Gasteiger partial charge in [0.15, 0.2) is 0 Å². The van der Waals surface area contributed by atoms with Gasteiger partial charge in [-0.15, -0.1) is 0 Å². The van der Waals surface area contributed by atoms with Gasteiger partial charge in [-0.25, -0.2) is 0 Å². The van der Waals surface area contributed by atoms with E-state index in [2.05, 4.69) is 31.9 Å². The highest BCUT2D eigenvalue weighted by molar-refractivity contribution is 9.10. The quantitative estimate of drug-likeness (QED) is 0.752. The van der Waals surface area contributed by atoms with Gasteiger partial charge in [0.25, 0.3) is 0 Å². The molecule has 0 spiro atoms. The molecule has 1 aromatic carbocycles. The summed E-state index contributed by atoms with van der Waals surface area (Å²) in [6.07, 6.45) is 2.13. The SMILES string of the molecule is Brc1ccc(OCCC2COCCC2Br)cc1. The molecule has 0 amide bonds. The third-order valence-electron chi connectivity index (χ3n) is 2.95. The predicted molar refractivity (Wildman–Crippen MR) is 75.9 cm³/mol. The van der Waals surface area contributed by atoms with Crippen LogP contribution in [0.4, 0.5) is 0 Å². The summed E-state index contributed by atoms with van der Waals surface area (Å²) < 4.78 is 12.3. The van der Waals surface area contributed by atoms with Crippen molar-refractivity contribution >= 4 is 31.9 Å². The number of hydrogen-bond donors (Lipinski definition) is 0. The molecule has 94 valence electrons. The Hall–Kier alpha value is -0.0600. The average molecular weight is 364 g/mol. The lowest BCUT2D eigenvalue weighted by Gasteiger charge is -2.27. The van der Waals surface area contributed by atoms with E-state index in [1.807, 2.05) is 24.3 Å². The van der Waals surface area contributed by atoms with Crippen LogP contribution in [0.5, 0.6) is 5.75 Å². The first-order chi connectivity index (χ1) is 8.25. The van der Waals surface area contributed by atoms with Crippen LogP contribution < -0.4 is 4.74 Å². The second-order valence-electron chi connectivity index (χ2n) is 4.23. The Morgan fingerprint density at radius 2 is 2.06 bits per heavy atom. The standard InChI is InChI=1S/C13H16Br2O2/c14-11-1-3-12(4-2-11)17-8-5-10-9-16-7-6-13(10)15/h1-4,10,13H,5-9H2. The minimum absolute atomic E-state index is 0.569. The molecule has 0 aromatic heterocycles. The lowest BCUT2D eigenvalue weighted by atomic mass is 9.99. The molecule has 17 heavy (non-hydrogen) atoms. The maximum atomic E-state index is 5.71. The van der Waals surface area contributed by atoms with E-state index in [9.17, 15) is 0 Å². The van der Waals surface area contributed by atoms with Crippen molar-refractivity contribution in [1.82, 2.24) is 0 Å². The maximum absolute atomic E-state index is 5.71. The van der Waals surface area contributed by atoms with Crippen molar-refractivity contribution in [2.45, 2.75) is 17.7 Å². The number of ether oxygens (including phenoxy) is 2. The van der Waals surface area contributed by atoms with Crippen molar-refractivity contribution in [3.8, 4) is 5.75 Å². The molecular formula is C13H16Br2O2. The Kier molecular flexibility index (Phi) is 5.32. The van der Waals surface area contributed by atoms with Gasteiger partial charge < -0.3 is 9.47 Å². The fraction of sp³-hybridized carbons (Fsp3) is 0.538. The Labute approximate surface area is 119 Å². The summed E-state index contributed by atoms with van der Waals surface area (Å²) in [5.74, 6) is 1.50. The van der Waals surface area contributed by atoms with Crippen LogP contribution in [0.1, 0.15) is 12.8 Å². The van der Waals surface area contributed by atoms with Gasteiger partial charge in [0, 0.05) is 15.9 Å². The summed E-state index contributed by atoms with van der Waals surface area (Å²) >= 11 is 7.11. The summed E-state index contributed by atoms with van der Waals surface area (Å²) in [4.78, 5) is 0.574. The van der Waals surface area contributed by atoms with Crippen LogP contribution in [0.2, 0.25) is 0 Å². The van der Waals surface area contributed by atoms with Crippen LogP contribution in [-0.2, 0) is 4.74 Å². The molecule has 4 heteroatoms. The smallest absolute Gasteiger partial charge is 0.119 e. The average Bonchev–Trinajstić information content (AvgIpc) is 2.34. The third-order valence-corrected chi connectivity index (χ3v) is 4.69. The zero-order chi connectivity index (χ0) is 12.1. The highest BCUT2D eigenvalue weighted by Gasteiger charge is 2.22. The van der Waals surface area contributed by atoms with E-state index in [0.717, 1.165) is 42.9 Å². The number of rotatable bonds is 4. The fourth-order valence-electron chi connectivity index (χ4n) is 1.89. The van der Waals surface area contributed by atoms with E-state index in [4.69, 9.17) is 9.47 Å². The van der Waals surface area contributed by atoms with Crippen LogP contribution in [0, 0.1) is 5.92 Å². The minimum Gasteiger partial charge on any atom is -0.494 e. The normalized spacial score (nSPS) is 24.6. The van der Waals surface area contributed by atoms with Gasteiger partial charge in [0.05, 0.1) is 13.2 Å². The molecule has 2 nitrogen and oxygen atoms in total. The number of benzene rings is 1. The van der Waals surface area contributed by atoms with E-state index >= 15 is 0 Å². The first kappa shape index (κ1) is 13.4. The van der Waals surface area contributed by atoms with Crippen LogP contribution in [0.25, 0.3) is 0 Å². The molecule has 0 radical (unpaired) electrons. The Bertz CT molecular complexity index is 340. The minimum atomic E-state index is 0.569. The molecule has 0 bridgehead atoms. The van der Waals surface area contributed by atoms with Crippen LogP contribution >= 0.6 is 31.9 Å². The van der Waals surface area contributed by atoms with E-state index in [1.54, 1.807) is 0 Å². The number of halogens is 2. The second-order valence-corrected chi connectivity index (χ2v) is 6.32. The van der Waals surface area contributed by atoms with Gasteiger partial charge in [-0.3, -0.25) is 0 Å². The van der Waals surface area contributed by atoms with Gasteiger partial charge in [-0.05, 0) is 43.0 Å². The van der Waals surface area contributed by atoms with E-state index < -0.39 is 0 Å². The Balaban J connectivity index is 1.73. The molecule has 0 aliphatic carbocycles. The van der Waals surface area contributed by atoms with Gasteiger partial charge >= 0.3 is 0 Å². The summed E-state index contributed by atoms with van der Waals surface area (Å²) in [5, 5.41) is 0. The zero-order valence-corrected chi connectivity index (χ0v) is 12.7. The van der Waals surface area contributed by atoms with Crippen molar-refractivity contribution in [3.05, 3.63) is 28.7 Å². The molecule has 2 unspecified atom stereocenters. The van der Waals surface area contributed by atoms with Crippen molar-refractivity contribution in [3.63, 3.8) is 0 Å². The van der Waals surface area contributed by atoms with Gasteiger partial charge in [0.1, 0.15) is 5.75 Å². The summed E-state index contributed by atoms with van der Waals surface area (Å²) in [6.45, 7) is 2.47. The monoisotopic (exact) mass is 362 g/mol. The highest BCUT2D eigenvalue weighted by Crippen LogP contribution is 2.25. The van der Waals surface area contributed by atoms with Crippen molar-refractivity contribution in [1.29, 1.82) is 0 Å². The zero-order valence-electron chi connectivity index (χ0n) is 9.57. The van der Waals surface area contributed by atoms with Gasteiger partial charge in [-0.2, -0.15) is 0 Å². The lowest BCUT2D eigenvalue weighted by Crippen LogP contribution is -2.29.